The molecule has 0 spiro atoms. The van der Waals surface area contributed by atoms with Crippen LogP contribution in [0.25, 0.3) is 6.08 Å². The molecule has 1 aromatic rings. The third-order valence-corrected chi connectivity index (χ3v) is 2.57. The van der Waals surface area contributed by atoms with Crippen LogP contribution >= 0.6 is 0 Å². The van der Waals surface area contributed by atoms with Gasteiger partial charge in [0.2, 0.25) is 5.91 Å². The molecule has 0 unspecified atom stereocenters. The van der Waals surface area contributed by atoms with Crippen LogP contribution in [0.1, 0.15) is 5.56 Å². The number of amides is 1. The first-order valence-electron chi connectivity index (χ1n) is 5.59. The molecule has 1 aromatic carbocycles. The number of hydrogen-bond donors (Lipinski definition) is 2. The fraction of sp³-hybridized carbons (Fsp3) is 0.133. The molecule has 0 aliphatic heterocycles. The average molecular weight is 243 g/mol. The van der Waals surface area contributed by atoms with Gasteiger partial charge in [-0.1, -0.05) is 42.5 Å². The van der Waals surface area contributed by atoms with Gasteiger partial charge < -0.3 is 10.4 Å². The van der Waals surface area contributed by atoms with Gasteiger partial charge in [-0.25, -0.2) is 0 Å². The molecular formula is C15H17NO2. The summed E-state index contributed by atoms with van der Waals surface area (Å²) in [5.41, 5.74) is -0.0440. The highest BCUT2D eigenvalue weighted by molar-refractivity contribution is 5.92. The van der Waals surface area contributed by atoms with Gasteiger partial charge in [-0.05, 0) is 11.6 Å². The van der Waals surface area contributed by atoms with Gasteiger partial charge in [0.1, 0.15) is 0 Å². The van der Waals surface area contributed by atoms with E-state index in [1.807, 2.05) is 30.3 Å². The molecule has 18 heavy (non-hydrogen) atoms. The maximum absolute atomic E-state index is 11.7. The highest BCUT2D eigenvalue weighted by Gasteiger charge is 2.22. The molecule has 0 aromatic heterocycles. The molecule has 0 aliphatic rings. The maximum Gasteiger partial charge on any atom is 0.245 e. The molecule has 0 atom stereocenters. The lowest BCUT2D eigenvalue weighted by Crippen LogP contribution is -2.47. The first-order chi connectivity index (χ1) is 8.65. The minimum absolute atomic E-state index is 0.273. The number of rotatable bonds is 6. The molecule has 1 amide bonds. The summed E-state index contributed by atoms with van der Waals surface area (Å²) in [4.78, 5) is 11.7. The third kappa shape index (κ3) is 3.71. The number of benzene rings is 1. The first kappa shape index (κ1) is 13.9. The summed E-state index contributed by atoms with van der Waals surface area (Å²) in [5, 5.41) is 11.9. The summed E-state index contributed by atoms with van der Waals surface area (Å²) in [6.45, 7) is 6.88. The molecule has 94 valence electrons. The van der Waals surface area contributed by atoms with Crippen LogP contribution in [0.5, 0.6) is 0 Å². The molecule has 1 rings (SSSR count). The highest BCUT2D eigenvalue weighted by atomic mass is 16.3. The quantitative estimate of drug-likeness (QED) is 0.592. The van der Waals surface area contributed by atoms with Crippen molar-refractivity contribution in [1.82, 2.24) is 5.32 Å². The second-order valence-electron chi connectivity index (χ2n) is 3.84. The van der Waals surface area contributed by atoms with Gasteiger partial charge in [0.25, 0.3) is 0 Å². The first-order valence-corrected chi connectivity index (χ1v) is 5.59. The molecule has 0 radical (unpaired) electrons. The zero-order valence-electron chi connectivity index (χ0n) is 10.2. The Balaban J connectivity index is 2.69. The summed E-state index contributed by atoms with van der Waals surface area (Å²) in [5.74, 6) is -0.312. The molecule has 3 heteroatoms. The van der Waals surface area contributed by atoms with Crippen molar-refractivity contribution in [2.24, 2.45) is 0 Å². The molecule has 0 fully saturated rings. The monoisotopic (exact) mass is 243 g/mol. The summed E-state index contributed by atoms with van der Waals surface area (Å²) in [7, 11) is 0. The number of hydrogen-bond acceptors (Lipinski definition) is 2. The normalized spacial score (nSPS) is 11.2. The Morgan fingerprint density at radius 1 is 1.28 bits per heavy atom. The van der Waals surface area contributed by atoms with Gasteiger partial charge in [-0.3, -0.25) is 4.79 Å². The lowest BCUT2D eigenvalue weighted by atomic mass is 10.0. The smallest absolute Gasteiger partial charge is 0.245 e. The standard InChI is InChI=1S/C15H17NO2/c1-3-15(4-2,12-17)16-14(18)11-10-13-8-6-5-7-9-13/h3-11,17H,1-2,12H2,(H,16,18)/b11-10+. The Labute approximate surface area is 107 Å². The van der Waals surface area contributed by atoms with Crippen molar-refractivity contribution in [3.63, 3.8) is 0 Å². The van der Waals surface area contributed by atoms with E-state index in [4.69, 9.17) is 0 Å². The van der Waals surface area contributed by atoms with Crippen LogP contribution in [-0.2, 0) is 4.79 Å². The van der Waals surface area contributed by atoms with Gasteiger partial charge >= 0.3 is 0 Å². The Kier molecular flexibility index (Phi) is 5.08. The number of carbonyl (C=O) groups is 1. The Hall–Kier alpha value is -2.13. The fourth-order valence-electron chi connectivity index (χ4n) is 1.36. The predicted molar refractivity (Wildman–Crippen MR) is 73.8 cm³/mol. The lowest BCUT2D eigenvalue weighted by Gasteiger charge is -2.24. The predicted octanol–water partition coefficient (Wildman–Crippen LogP) is 1.92. The number of nitrogens with one attached hydrogen (secondary N) is 1. The minimum atomic E-state index is -0.974. The van der Waals surface area contributed by atoms with E-state index in [0.29, 0.717) is 0 Å². The molecule has 0 heterocycles. The molecule has 2 N–H and O–H groups in total. The van der Waals surface area contributed by atoms with Gasteiger partial charge in [0, 0.05) is 6.08 Å². The summed E-state index contributed by atoms with van der Waals surface area (Å²) >= 11 is 0. The SMILES string of the molecule is C=CC(C=C)(CO)NC(=O)/C=C/c1ccccc1. The van der Waals surface area contributed by atoms with Crippen molar-refractivity contribution in [2.45, 2.75) is 5.54 Å². The van der Waals surface area contributed by atoms with E-state index in [1.165, 1.54) is 18.2 Å². The van der Waals surface area contributed by atoms with Crippen molar-refractivity contribution in [3.8, 4) is 0 Å². The summed E-state index contributed by atoms with van der Waals surface area (Å²) < 4.78 is 0. The Morgan fingerprint density at radius 3 is 2.39 bits per heavy atom. The zero-order chi connectivity index (χ0) is 13.4. The molecule has 0 aliphatic carbocycles. The Morgan fingerprint density at radius 2 is 1.89 bits per heavy atom. The summed E-state index contributed by atoms with van der Waals surface area (Å²) in [6, 6.07) is 9.48. The van der Waals surface area contributed by atoms with Crippen LogP contribution in [0, 0.1) is 0 Å². The topological polar surface area (TPSA) is 49.3 Å². The maximum atomic E-state index is 11.7. The van der Waals surface area contributed by atoms with E-state index in [-0.39, 0.29) is 12.5 Å². The van der Waals surface area contributed by atoms with Crippen LogP contribution < -0.4 is 5.32 Å². The zero-order valence-corrected chi connectivity index (χ0v) is 10.2. The average Bonchev–Trinajstić information content (AvgIpc) is 2.44. The summed E-state index contributed by atoms with van der Waals surface area (Å²) in [6.07, 6.45) is 6.01. The van der Waals surface area contributed by atoms with Crippen LogP contribution in [0.2, 0.25) is 0 Å². The van der Waals surface area contributed by atoms with E-state index in [9.17, 15) is 9.90 Å². The number of aliphatic hydroxyl groups excluding tert-OH is 1. The second kappa shape index (κ2) is 6.57. The molecule has 0 saturated carbocycles. The van der Waals surface area contributed by atoms with E-state index in [0.717, 1.165) is 5.56 Å². The highest BCUT2D eigenvalue weighted by Crippen LogP contribution is 2.07. The number of carbonyl (C=O) groups excluding carboxylic acids is 1. The van der Waals surface area contributed by atoms with Crippen molar-refractivity contribution in [3.05, 3.63) is 67.3 Å². The van der Waals surface area contributed by atoms with E-state index in [2.05, 4.69) is 18.5 Å². The number of aliphatic hydroxyl groups is 1. The van der Waals surface area contributed by atoms with Crippen molar-refractivity contribution in [2.75, 3.05) is 6.61 Å². The van der Waals surface area contributed by atoms with Crippen LogP contribution in [0.3, 0.4) is 0 Å². The van der Waals surface area contributed by atoms with Gasteiger partial charge in [-0.15, -0.1) is 13.2 Å². The van der Waals surface area contributed by atoms with Crippen molar-refractivity contribution < 1.29 is 9.90 Å². The fourth-order valence-corrected chi connectivity index (χ4v) is 1.36. The van der Waals surface area contributed by atoms with E-state index < -0.39 is 5.54 Å². The van der Waals surface area contributed by atoms with E-state index >= 15 is 0 Å². The van der Waals surface area contributed by atoms with Gasteiger partial charge in [-0.2, -0.15) is 0 Å². The third-order valence-electron chi connectivity index (χ3n) is 2.57. The van der Waals surface area contributed by atoms with Crippen LogP contribution in [-0.4, -0.2) is 23.2 Å². The van der Waals surface area contributed by atoms with Crippen LogP contribution in [0.4, 0.5) is 0 Å². The van der Waals surface area contributed by atoms with Gasteiger partial charge in [0.05, 0.1) is 12.1 Å². The lowest BCUT2D eigenvalue weighted by molar-refractivity contribution is -0.117. The second-order valence-corrected chi connectivity index (χ2v) is 3.84. The molecule has 0 bridgehead atoms. The van der Waals surface area contributed by atoms with Crippen molar-refractivity contribution in [1.29, 1.82) is 0 Å². The Bertz CT molecular complexity index is 441. The molecule has 0 saturated heterocycles. The van der Waals surface area contributed by atoms with E-state index in [1.54, 1.807) is 6.08 Å². The largest absolute Gasteiger partial charge is 0.393 e. The molecule has 3 nitrogen and oxygen atoms in total. The minimum Gasteiger partial charge on any atom is -0.393 e. The van der Waals surface area contributed by atoms with Gasteiger partial charge in [0.15, 0.2) is 0 Å². The molecular weight excluding hydrogens is 226 g/mol. The van der Waals surface area contributed by atoms with Crippen molar-refractivity contribution >= 4 is 12.0 Å². The van der Waals surface area contributed by atoms with Crippen LogP contribution in [0.15, 0.2) is 61.7 Å².